The van der Waals surface area contributed by atoms with Crippen LogP contribution in [0.3, 0.4) is 0 Å². The maximum Gasteiger partial charge on any atom is 0.221 e. The zero-order valence-electron chi connectivity index (χ0n) is 30.7. The van der Waals surface area contributed by atoms with E-state index in [0.29, 0.717) is 69.3 Å². The number of rotatable bonds is 9. The maximum atomic E-state index is 14.6. The highest BCUT2D eigenvalue weighted by Crippen LogP contribution is 2.23. The summed E-state index contributed by atoms with van der Waals surface area (Å²) in [7, 11) is 0. The molecule has 3 N–H and O–H groups in total. The zero-order chi connectivity index (χ0) is 40.7. The minimum Gasteiger partial charge on any atom is -0.396 e. The number of benzene rings is 2. The molecule has 59 heavy (non-hydrogen) atoms. The second-order valence-electron chi connectivity index (χ2n) is 12.7. The molecule has 0 bridgehead atoms. The third-order valence-corrected chi connectivity index (χ3v) is 9.26. The summed E-state index contributed by atoms with van der Waals surface area (Å²) < 4.78 is 34.5. The Kier molecular flexibility index (Phi) is 11.7. The van der Waals surface area contributed by atoms with Crippen molar-refractivity contribution in [3.05, 3.63) is 121 Å². The number of aromatic amines is 1. The van der Waals surface area contributed by atoms with Gasteiger partial charge in [0.05, 0.1) is 80.1 Å². The van der Waals surface area contributed by atoms with Crippen molar-refractivity contribution >= 4 is 67.0 Å². The van der Waals surface area contributed by atoms with Crippen molar-refractivity contribution in [2.24, 2.45) is 0 Å². The van der Waals surface area contributed by atoms with Crippen molar-refractivity contribution in [1.29, 1.82) is 0 Å². The lowest BCUT2D eigenvalue weighted by atomic mass is 10.1. The number of nitrogens with zero attached hydrogens (tertiary/aromatic N) is 15. The van der Waals surface area contributed by atoms with Gasteiger partial charge in [-0.3, -0.25) is 19.7 Å². The Bertz CT molecular complexity index is 3010. The number of aliphatic hydroxyl groups is 2. The fraction of sp³-hybridized carbons (Fsp3) is 0.158. The highest BCUT2D eigenvalue weighted by Gasteiger charge is 2.16. The molecule has 8 heterocycles. The third kappa shape index (κ3) is 8.70. The van der Waals surface area contributed by atoms with Crippen LogP contribution >= 0.6 is 22.6 Å². The molecule has 0 aliphatic heterocycles. The molecule has 0 aliphatic carbocycles. The molecule has 2 aromatic carbocycles. The molecule has 21 heteroatoms. The van der Waals surface area contributed by atoms with Crippen LogP contribution in [0.1, 0.15) is 11.1 Å². The number of aromatic nitrogens is 16. The van der Waals surface area contributed by atoms with Gasteiger partial charge in [-0.1, -0.05) is 45.2 Å². The molecule has 0 fully saturated rings. The lowest BCUT2D eigenvalue weighted by Crippen LogP contribution is -2.05. The predicted octanol–water partition coefficient (Wildman–Crippen LogP) is 4.57. The van der Waals surface area contributed by atoms with E-state index >= 15 is 0 Å². The summed E-state index contributed by atoms with van der Waals surface area (Å²) in [5, 5.41) is 45.6. The van der Waals surface area contributed by atoms with E-state index in [1.54, 1.807) is 66.4 Å². The summed E-state index contributed by atoms with van der Waals surface area (Å²) in [6.45, 7) is 1.05. The fourth-order valence-electron chi connectivity index (χ4n) is 5.96. The minimum atomic E-state index is -0.366. The molecule has 18 nitrogen and oxygen atoms in total. The Balaban J connectivity index is 0.000000151. The van der Waals surface area contributed by atoms with Crippen LogP contribution in [0.2, 0.25) is 0 Å². The van der Waals surface area contributed by atoms with Crippen LogP contribution in [-0.4, -0.2) is 108 Å². The molecule has 10 rings (SSSR count). The highest BCUT2D eigenvalue weighted by molar-refractivity contribution is 14.1. The van der Waals surface area contributed by atoms with Crippen LogP contribution in [-0.2, 0) is 19.6 Å². The first-order valence-electron chi connectivity index (χ1n) is 17.9. The van der Waals surface area contributed by atoms with E-state index in [-0.39, 0.29) is 31.3 Å². The fourth-order valence-corrected chi connectivity index (χ4v) is 5.96. The number of pyridine rings is 2. The van der Waals surface area contributed by atoms with Crippen LogP contribution in [0.25, 0.3) is 66.9 Å². The topological polar surface area (TPSA) is 226 Å². The maximum absolute atomic E-state index is 14.6. The van der Waals surface area contributed by atoms with Gasteiger partial charge >= 0.3 is 0 Å². The van der Waals surface area contributed by atoms with Gasteiger partial charge in [-0.05, 0) is 24.3 Å². The summed E-state index contributed by atoms with van der Waals surface area (Å²) in [6.07, 6.45) is 13.3. The van der Waals surface area contributed by atoms with E-state index in [1.807, 2.05) is 24.3 Å². The molecule has 0 aliphatic rings. The minimum absolute atomic E-state index is 0.00460. The van der Waals surface area contributed by atoms with Crippen LogP contribution < -0.4 is 0 Å². The lowest BCUT2D eigenvalue weighted by molar-refractivity contribution is 0.269. The van der Waals surface area contributed by atoms with Gasteiger partial charge < -0.3 is 10.2 Å². The second kappa shape index (κ2) is 17.7. The summed E-state index contributed by atoms with van der Waals surface area (Å²) >= 11 is 2.10. The van der Waals surface area contributed by atoms with Crippen LogP contribution in [0.5, 0.6) is 0 Å². The Hall–Kier alpha value is -6.85. The average Bonchev–Trinajstić information content (AvgIpc) is 4.10. The number of fused-ring (bicyclic) bond motifs is 4. The summed E-state index contributed by atoms with van der Waals surface area (Å²) in [6, 6.07) is 13.7. The average molecular weight is 909 g/mol. The number of hydrogen-bond donors (Lipinski definition) is 3. The number of hydrogen-bond acceptors (Lipinski definition) is 14. The smallest absolute Gasteiger partial charge is 0.221 e. The van der Waals surface area contributed by atoms with Gasteiger partial charge in [0, 0.05) is 74.4 Å². The molecule has 0 spiro atoms. The highest BCUT2D eigenvalue weighted by atomic mass is 127. The van der Waals surface area contributed by atoms with Crippen molar-refractivity contribution in [2.45, 2.75) is 19.6 Å². The molecule has 0 unspecified atom stereocenters. The van der Waals surface area contributed by atoms with E-state index < -0.39 is 0 Å². The van der Waals surface area contributed by atoms with Crippen molar-refractivity contribution in [1.82, 2.24) is 79.9 Å². The van der Waals surface area contributed by atoms with Crippen LogP contribution in [0.15, 0.2) is 98.1 Å². The standard InChI is InChI=1S/C19H15FN8O.C17H11FN8.C2H5IO/c20-15-7-16-12(2-1-3-21-16)6-13(15)11-28-19-18(25-26-28)22-9-17(24-19)14-8-23-27(10-14)4-5-29;18-13-5-14-10(2-1-3-19-14)4-11(13)9-26-17-16(24-25-26)20-8-15(23-17)12-6-21-22-7-12;3-1-2-4/h1-3,6-10,29H,4-5,11H2;1-8H,9H2,(H,21,22);4H,1-2H2. The monoisotopic (exact) mass is 908 g/mol. The lowest BCUT2D eigenvalue weighted by Gasteiger charge is -2.06. The van der Waals surface area contributed by atoms with Gasteiger partial charge in [0.2, 0.25) is 11.3 Å². The summed E-state index contributed by atoms with van der Waals surface area (Å²) in [5.74, 6) is -0.715. The van der Waals surface area contributed by atoms with E-state index in [1.165, 1.54) is 21.5 Å². The first-order chi connectivity index (χ1) is 28.9. The van der Waals surface area contributed by atoms with Crippen LogP contribution in [0.4, 0.5) is 8.78 Å². The molecule has 0 saturated heterocycles. The Morgan fingerprint density at radius 3 is 1.75 bits per heavy atom. The summed E-state index contributed by atoms with van der Waals surface area (Å²) in [5.41, 5.74) is 6.63. The van der Waals surface area contributed by atoms with Crippen molar-refractivity contribution in [3.8, 4) is 22.5 Å². The van der Waals surface area contributed by atoms with E-state index in [9.17, 15) is 8.78 Å². The molecular weight excluding hydrogens is 877 g/mol. The second-order valence-corrected chi connectivity index (χ2v) is 13.8. The molecule has 0 radical (unpaired) electrons. The SMILES string of the molecule is Fc1cc2ncccc2cc1Cn1nnc2ncc(-c3cn[nH]c3)nc21.OCCI.OCCn1cc(-c2cnc3nnn(Cc4cc5cccnc5cc4F)c3n2)cn1. The Morgan fingerprint density at radius 1 is 0.678 bits per heavy atom. The Morgan fingerprint density at radius 2 is 1.24 bits per heavy atom. The predicted molar refractivity (Wildman–Crippen MR) is 220 cm³/mol. The van der Waals surface area contributed by atoms with Gasteiger partial charge in [0.25, 0.3) is 0 Å². The van der Waals surface area contributed by atoms with E-state index in [0.717, 1.165) is 26.3 Å². The van der Waals surface area contributed by atoms with Crippen LogP contribution in [0, 0.1) is 11.6 Å². The first-order valence-corrected chi connectivity index (χ1v) is 19.4. The number of nitrogens with one attached hydrogen (secondary N) is 1. The molecule has 296 valence electrons. The number of alkyl halides is 1. The third-order valence-electron chi connectivity index (χ3n) is 8.77. The molecule has 0 saturated carbocycles. The van der Waals surface area contributed by atoms with Gasteiger partial charge in [-0.25, -0.2) is 38.1 Å². The number of aliphatic hydroxyl groups excluding tert-OH is 2. The van der Waals surface area contributed by atoms with Crippen molar-refractivity contribution in [2.75, 3.05) is 17.6 Å². The molecular formula is C38H31F2IN16O2. The van der Waals surface area contributed by atoms with Gasteiger partial charge in [0.1, 0.15) is 11.6 Å². The van der Waals surface area contributed by atoms with Crippen molar-refractivity contribution in [3.63, 3.8) is 0 Å². The first kappa shape index (κ1) is 39.0. The van der Waals surface area contributed by atoms with Gasteiger partial charge in [-0.15, -0.1) is 10.2 Å². The number of halogens is 3. The molecule has 8 aromatic heterocycles. The van der Waals surface area contributed by atoms with Gasteiger partial charge in [-0.2, -0.15) is 10.2 Å². The molecule has 0 amide bonds. The normalized spacial score (nSPS) is 11.2. The number of H-pyrrole nitrogens is 1. The summed E-state index contributed by atoms with van der Waals surface area (Å²) in [4.78, 5) is 26.0. The quantitative estimate of drug-likeness (QED) is 0.133. The van der Waals surface area contributed by atoms with Gasteiger partial charge in [0.15, 0.2) is 11.3 Å². The van der Waals surface area contributed by atoms with E-state index in [2.05, 4.69) is 88.4 Å². The Labute approximate surface area is 345 Å². The molecule has 0 atom stereocenters. The van der Waals surface area contributed by atoms with Crippen molar-refractivity contribution < 1.29 is 19.0 Å². The largest absolute Gasteiger partial charge is 0.396 e. The van der Waals surface area contributed by atoms with E-state index in [4.69, 9.17) is 10.2 Å². The zero-order valence-corrected chi connectivity index (χ0v) is 32.9. The molecule has 10 aromatic rings.